The first-order chi connectivity index (χ1) is 11.5. The minimum atomic E-state index is -1.40. The van der Waals surface area contributed by atoms with Gasteiger partial charge in [0.05, 0.1) is 0 Å². The summed E-state index contributed by atoms with van der Waals surface area (Å²) in [5.41, 5.74) is 1.07. The van der Waals surface area contributed by atoms with Crippen LogP contribution in [0, 0.1) is 0 Å². The maximum atomic E-state index is 12.7. The minimum Gasteiger partial charge on any atom is -0.321 e. The number of rotatable bonds is 3. The van der Waals surface area contributed by atoms with Gasteiger partial charge in [0.2, 0.25) is 17.5 Å². The highest BCUT2D eigenvalue weighted by molar-refractivity contribution is 6.53. The molecule has 5 heteroatoms. The Bertz CT molecular complexity index is 841. The van der Waals surface area contributed by atoms with E-state index < -0.39 is 29.3 Å². The molecule has 0 radical (unpaired) electrons. The number of carbonyl (C=O) groups excluding carboxylic acids is 4. The average molecular weight is 321 g/mol. The van der Waals surface area contributed by atoms with Crippen LogP contribution in [0.25, 0.3) is 0 Å². The van der Waals surface area contributed by atoms with Gasteiger partial charge in [-0.05, 0) is 5.56 Å². The molecular weight excluding hydrogens is 306 g/mol. The van der Waals surface area contributed by atoms with Crippen molar-refractivity contribution < 1.29 is 19.2 Å². The molecule has 1 aliphatic carbocycles. The monoisotopic (exact) mass is 321 g/mol. The number of fused-ring (bicyclic) bond motifs is 1. The van der Waals surface area contributed by atoms with E-state index in [0.29, 0.717) is 0 Å². The molecule has 0 fully saturated rings. The van der Waals surface area contributed by atoms with Crippen LogP contribution in [0.15, 0.2) is 54.6 Å². The van der Waals surface area contributed by atoms with Crippen LogP contribution in [-0.2, 0) is 16.1 Å². The van der Waals surface area contributed by atoms with Crippen molar-refractivity contribution in [2.75, 3.05) is 0 Å². The van der Waals surface area contributed by atoms with Crippen LogP contribution in [0.3, 0.4) is 0 Å². The SMILES string of the molecule is CC(=O)N(Cc1ccccc1)[C@@H]1C(=O)C(=O)c2ccccc2C1=O. The molecule has 0 bridgehead atoms. The number of ketones is 3. The summed E-state index contributed by atoms with van der Waals surface area (Å²) in [5.74, 6) is -2.53. The Labute approximate surface area is 138 Å². The van der Waals surface area contributed by atoms with E-state index >= 15 is 0 Å². The van der Waals surface area contributed by atoms with E-state index in [1.54, 1.807) is 36.4 Å². The molecule has 0 unspecified atom stereocenters. The predicted octanol–water partition coefficient (Wildman–Crippen LogP) is 2.05. The zero-order chi connectivity index (χ0) is 17.3. The molecular formula is C19H15NO4. The maximum absolute atomic E-state index is 12.7. The number of benzene rings is 2. The molecule has 120 valence electrons. The fraction of sp³-hybridized carbons (Fsp3) is 0.158. The number of hydrogen-bond donors (Lipinski definition) is 0. The molecule has 2 aromatic rings. The topological polar surface area (TPSA) is 71.5 Å². The van der Waals surface area contributed by atoms with E-state index in [4.69, 9.17) is 0 Å². The standard InChI is InChI=1S/C19H15NO4/c1-12(21)20(11-13-7-3-2-4-8-13)16-17(22)14-9-5-6-10-15(14)18(23)19(16)24/h2-10,16H,11H2,1H3/t16-/m0/s1. The fourth-order valence-electron chi connectivity index (χ4n) is 2.87. The molecule has 3 rings (SSSR count). The third kappa shape index (κ3) is 2.65. The fourth-order valence-corrected chi connectivity index (χ4v) is 2.87. The summed E-state index contributed by atoms with van der Waals surface area (Å²) in [6, 6.07) is 13.8. The van der Waals surface area contributed by atoms with E-state index in [9.17, 15) is 19.2 Å². The van der Waals surface area contributed by atoms with Crippen molar-refractivity contribution in [3.05, 3.63) is 71.3 Å². The predicted molar refractivity (Wildman–Crippen MR) is 86.6 cm³/mol. The second kappa shape index (κ2) is 6.20. The number of hydrogen-bond acceptors (Lipinski definition) is 4. The molecule has 1 amide bonds. The first-order valence-corrected chi connectivity index (χ1v) is 7.53. The van der Waals surface area contributed by atoms with Crippen molar-refractivity contribution in [1.82, 2.24) is 4.90 Å². The van der Waals surface area contributed by atoms with E-state index in [1.807, 2.05) is 6.07 Å². The maximum Gasteiger partial charge on any atom is 0.233 e. The lowest BCUT2D eigenvalue weighted by atomic mass is 9.84. The summed E-state index contributed by atoms with van der Waals surface area (Å²) in [4.78, 5) is 50.8. The van der Waals surface area contributed by atoms with Crippen molar-refractivity contribution in [2.45, 2.75) is 19.5 Å². The smallest absolute Gasteiger partial charge is 0.233 e. The van der Waals surface area contributed by atoms with Crippen molar-refractivity contribution in [1.29, 1.82) is 0 Å². The first-order valence-electron chi connectivity index (χ1n) is 7.53. The van der Waals surface area contributed by atoms with E-state index in [0.717, 1.165) is 10.5 Å². The summed E-state index contributed by atoms with van der Waals surface area (Å²) in [7, 11) is 0. The lowest BCUT2D eigenvalue weighted by Gasteiger charge is -2.31. The summed E-state index contributed by atoms with van der Waals surface area (Å²) in [6.07, 6.45) is 0. The van der Waals surface area contributed by atoms with Crippen molar-refractivity contribution in [3.8, 4) is 0 Å². The first kappa shape index (κ1) is 15.8. The molecule has 0 spiro atoms. The number of Topliss-reactive ketones (excluding diaryl/α,β-unsaturated/α-hetero) is 3. The van der Waals surface area contributed by atoms with E-state index in [-0.39, 0.29) is 17.7 Å². The highest BCUT2D eigenvalue weighted by atomic mass is 16.2. The Hall–Kier alpha value is -3.08. The van der Waals surface area contributed by atoms with Crippen LogP contribution in [0.1, 0.15) is 33.2 Å². The quantitative estimate of drug-likeness (QED) is 0.641. The summed E-state index contributed by atoms with van der Waals surface area (Å²) >= 11 is 0. The van der Waals surface area contributed by atoms with Gasteiger partial charge < -0.3 is 4.90 Å². The van der Waals surface area contributed by atoms with Gasteiger partial charge in [-0.15, -0.1) is 0 Å². The lowest BCUT2D eigenvalue weighted by molar-refractivity contribution is -0.135. The van der Waals surface area contributed by atoms with Gasteiger partial charge in [0.25, 0.3) is 0 Å². The molecule has 2 aromatic carbocycles. The second-order valence-electron chi connectivity index (χ2n) is 5.64. The minimum absolute atomic E-state index is 0.0910. The zero-order valence-corrected chi connectivity index (χ0v) is 13.1. The highest BCUT2D eigenvalue weighted by Gasteiger charge is 2.44. The van der Waals surface area contributed by atoms with Crippen LogP contribution in [0.5, 0.6) is 0 Å². The Morgan fingerprint density at radius 3 is 2.08 bits per heavy atom. The molecule has 5 nitrogen and oxygen atoms in total. The molecule has 0 saturated carbocycles. The average Bonchev–Trinajstić information content (AvgIpc) is 2.60. The van der Waals surface area contributed by atoms with Gasteiger partial charge in [-0.1, -0.05) is 54.6 Å². The van der Waals surface area contributed by atoms with Gasteiger partial charge in [0.1, 0.15) is 0 Å². The third-order valence-electron chi connectivity index (χ3n) is 4.07. The number of nitrogens with zero attached hydrogens (tertiary/aromatic N) is 1. The normalized spacial score (nSPS) is 16.7. The molecule has 0 aliphatic heterocycles. The molecule has 0 heterocycles. The van der Waals surface area contributed by atoms with Crippen LogP contribution < -0.4 is 0 Å². The van der Waals surface area contributed by atoms with E-state index in [2.05, 4.69) is 0 Å². The Kier molecular flexibility index (Phi) is 4.08. The molecule has 1 aliphatic rings. The van der Waals surface area contributed by atoms with Gasteiger partial charge in [0, 0.05) is 24.6 Å². The van der Waals surface area contributed by atoms with Crippen LogP contribution >= 0.6 is 0 Å². The zero-order valence-electron chi connectivity index (χ0n) is 13.1. The Balaban J connectivity index is 2.02. The van der Waals surface area contributed by atoms with Gasteiger partial charge >= 0.3 is 0 Å². The van der Waals surface area contributed by atoms with E-state index in [1.165, 1.54) is 19.1 Å². The van der Waals surface area contributed by atoms with Crippen LogP contribution in [0.4, 0.5) is 0 Å². The Morgan fingerprint density at radius 1 is 0.875 bits per heavy atom. The molecule has 0 N–H and O–H groups in total. The number of amides is 1. The van der Waals surface area contributed by atoms with Crippen molar-refractivity contribution in [2.24, 2.45) is 0 Å². The van der Waals surface area contributed by atoms with Crippen molar-refractivity contribution in [3.63, 3.8) is 0 Å². The van der Waals surface area contributed by atoms with Crippen molar-refractivity contribution >= 4 is 23.3 Å². The van der Waals surface area contributed by atoms with Gasteiger partial charge in [-0.3, -0.25) is 19.2 Å². The molecule has 1 atom stereocenters. The molecule has 0 saturated heterocycles. The van der Waals surface area contributed by atoms with Gasteiger partial charge in [-0.2, -0.15) is 0 Å². The largest absolute Gasteiger partial charge is 0.321 e. The Morgan fingerprint density at radius 2 is 1.46 bits per heavy atom. The van der Waals surface area contributed by atoms with Gasteiger partial charge in [-0.25, -0.2) is 0 Å². The lowest BCUT2D eigenvalue weighted by Crippen LogP contribution is -2.53. The molecule has 0 aromatic heterocycles. The molecule has 24 heavy (non-hydrogen) atoms. The van der Waals surface area contributed by atoms with Gasteiger partial charge in [0.15, 0.2) is 11.8 Å². The van der Waals surface area contributed by atoms with Crippen LogP contribution in [0.2, 0.25) is 0 Å². The highest BCUT2D eigenvalue weighted by Crippen LogP contribution is 2.24. The summed E-state index contributed by atoms with van der Waals surface area (Å²) in [6.45, 7) is 1.38. The van der Waals surface area contributed by atoms with Crippen LogP contribution in [-0.4, -0.2) is 34.2 Å². The second-order valence-corrected chi connectivity index (χ2v) is 5.64. The summed E-state index contributed by atoms with van der Waals surface area (Å²) < 4.78 is 0. The number of carbonyl (C=O) groups is 4. The summed E-state index contributed by atoms with van der Waals surface area (Å²) in [5, 5.41) is 0. The third-order valence-corrected chi connectivity index (χ3v) is 4.07.